The summed E-state index contributed by atoms with van der Waals surface area (Å²) in [5, 5.41) is 8.68. The summed E-state index contributed by atoms with van der Waals surface area (Å²) in [6.45, 7) is 4.94. The minimum atomic E-state index is -0.686. The van der Waals surface area contributed by atoms with Crippen molar-refractivity contribution in [2.45, 2.75) is 32.7 Å². The SMILES string of the molecule is Cc1cccc(CN2CCC(CCC(=O)O)C2)n1. The highest BCUT2D eigenvalue weighted by Gasteiger charge is 2.23. The second kappa shape index (κ2) is 5.96. The van der Waals surface area contributed by atoms with Gasteiger partial charge in [-0.15, -0.1) is 0 Å². The number of aromatic nitrogens is 1. The normalized spacial score (nSPS) is 20.2. The van der Waals surface area contributed by atoms with Crippen molar-refractivity contribution in [1.82, 2.24) is 9.88 Å². The average molecular weight is 248 g/mol. The third-order valence-corrected chi connectivity index (χ3v) is 3.47. The molecule has 1 aromatic heterocycles. The molecule has 1 aliphatic rings. The van der Waals surface area contributed by atoms with Gasteiger partial charge >= 0.3 is 5.97 Å². The lowest BCUT2D eigenvalue weighted by Crippen LogP contribution is -2.21. The van der Waals surface area contributed by atoms with E-state index in [1.807, 2.05) is 19.1 Å². The Morgan fingerprint density at radius 3 is 3.11 bits per heavy atom. The molecule has 4 nitrogen and oxygen atoms in total. The van der Waals surface area contributed by atoms with Gasteiger partial charge in [-0.2, -0.15) is 0 Å². The Morgan fingerprint density at radius 2 is 2.39 bits per heavy atom. The molecular formula is C14H20N2O2. The first-order valence-electron chi connectivity index (χ1n) is 6.50. The summed E-state index contributed by atoms with van der Waals surface area (Å²) in [5.74, 6) is -0.153. The molecule has 2 rings (SSSR count). The summed E-state index contributed by atoms with van der Waals surface area (Å²) in [6, 6.07) is 6.09. The number of carbonyl (C=O) groups is 1. The zero-order valence-electron chi connectivity index (χ0n) is 10.8. The molecule has 0 amide bonds. The van der Waals surface area contributed by atoms with Gasteiger partial charge in [0, 0.05) is 25.2 Å². The van der Waals surface area contributed by atoms with Gasteiger partial charge in [-0.25, -0.2) is 0 Å². The Balaban J connectivity index is 1.80. The molecule has 0 spiro atoms. The molecule has 1 aromatic rings. The van der Waals surface area contributed by atoms with E-state index in [-0.39, 0.29) is 0 Å². The highest BCUT2D eigenvalue weighted by molar-refractivity contribution is 5.66. The van der Waals surface area contributed by atoms with E-state index >= 15 is 0 Å². The molecule has 1 aliphatic heterocycles. The van der Waals surface area contributed by atoms with E-state index in [4.69, 9.17) is 5.11 Å². The van der Waals surface area contributed by atoms with Crippen molar-refractivity contribution in [3.63, 3.8) is 0 Å². The van der Waals surface area contributed by atoms with E-state index in [0.717, 1.165) is 43.9 Å². The van der Waals surface area contributed by atoms with Gasteiger partial charge in [0.25, 0.3) is 0 Å². The van der Waals surface area contributed by atoms with Crippen LogP contribution >= 0.6 is 0 Å². The van der Waals surface area contributed by atoms with Crippen molar-refractivity contribution in [3.05, 3.63) is 29.6 Å². The number of nitrogens with zero attached hydrogens (tertiary/aromatic N) is 2. The van der Waals surface area contributed by atoms with Gasteiger partial charge < -0.3 is 5.11 Å². The Morgan fingerprint density at radius 1 is 1.56 bits per heavy atom. The van der Waals surface area contributed by atoms with Crippen LogP contribution in [0.3, 0.4) is 0 Å². The van der Waals surface area contributed by atoms with Gasteiger partial charge in [-0.05, 0) is 44.4 Å². The maximum atomic E-state index is 10.5. The lowest BCUT2D eigenvalue weighted by atomic mass is 10.0. The van der Waals surface area contributed by atoms with E-state index in [1.165, 1.54) is 0 Å². The average Bonchev–Trinajstić information content (AvgIpc) is 2.74. The molecule has 98 valence electrons. The first-order chi connectivity index (χ1) is 8.63. The molecule has 0 radical (unpaired) electrons. The summed E-state index contributed by atoms with van der Waals surface area (Å²) in [5.41, 5.74) is 2.16. The maximum Gasteiger partial charge on any atom is 0.303 e. The van der Waals surface area contributed by atoms with Crippen LogP contribution in [-0.4, -0.2) is 34.0 Å². The predicted octanol–water partition coefficient (Wildman–Crippen LogP) is 2.08. The number of aryl methyl sites for hydroxylation is 1. The molecule has 0 aromatic carbocycles. The second-order valence-corrected chi connectivity index (χ2v) is 5.09. The number of pyridine rings is 1. The summed E-state index contributed by atoms with van der Waals surface area (Å²) in [7, 11) is 0. The van der Waals surface area contributed by atoms with Gasteiger partial charge in [0.15, 0.2) is 0 Å². The fourth-order valence-corrected chi connectivity index (χ4v) is 2.54. The first kappa shape index (κ1) is 13.0. The number of likely N-dealkylation sites (tertiary alicyclic amines) is 1. The fourth-order valence-electron chi connectivity index (χ4n) is 2.54. The van der Waals surface area contributed by atoms with Crippen molar-refractivity contribution in [2.75, 3.05) is 13.1 Å². The lowest BCUT2D eigenvalue weighted by Gasteiger charge is -2.15. The summed E-state index contributed by atoms with van der Waals surface area (Å²) >= 11 is 0. The number of hydrogen-bond donors (Lipinski definition) is 1. The van der Waals surface area contributed by atoms with Crippen LogP contribution in [0.15, 0.2) is 18.2 Å². The second-order valence-electron chi connectivity index (χ2n) is 5.09. The van der Waals surface area contributed by atoms with Crippen molar-refractivity contribution in [2.24, 2.45) is 5.92 Å². The third-order valence-electron chi connectivity index (χ3n) is 3.47. The molecule has 0 aliphatic carbocycles. The largest absolute Gasteiger partial charge is 0.481 e. The van der Waals surface area contributed by atoms with Crippen LogP contribution in [0.4, 0.5) is 0 Å². The third kappa shape index (κ3) is 3.81. The quantitative estimate of drug-likeness (QED) is 0.866. The van der Waals surface area contributed by atoms with Crippen LogP contribution in [0.1, 0.15) is 30.7 Å². The molecule has 18 heavy (non-hydrogen) atoms. The molecule has 4 heteroatoms. The number of rotatable bonds is 5. The van der Waals surface area contributed by atoms with Crippen LogP contribution in [0.2, 0.25) is 0 Å². The van der Waals surface area contributed by atoms with Crippen molar-refractivity contribution in [3.8, 4) is 0 Å². The van der Waals surface area contributed by atoms with Crippen LogP contribution in [-0.2, 0) is 11.3 Å². The van der Waals surface area contributed by atoms with E-state index in [2.05, 4.69) is 16.0 Å². The Hall–Kier alpha value is -1.42. The fraction of sp³-hybridized carbons (Fsp3) is 0.571. The van der Waals surface area contributed by atoms with Crippen LogP contribution < -0.4 is 0 Å². The maximum absolute atomic E-state index is 10.5. The predicted molar refractivity (Wildman–Crippen MR) is 69.2 cm³/mol. The topological polar surface area (TPSA) is 53.4 Å². The van der Waals surface area contributed by atoms with E-state index in [0.29, 0.717) is 12.3 Å². The highest BCUT2D eigenvalue weighted by Crippen LogP contribution is 2.22. The summed E-state index contributed by atoms with van der Waals surface area (Å²) < 4.78 is 0. The zero-order chi connectivity index (χ0) is 13.0. The zero-order valence-corrected chi connectivity index (χ0v) is 10.8. The smallest absolute Gasteiger partial charge is 0.303 e. The first-order valence-corrected chi connectivity index (χ1v) is 6.50. The van der Waals surface area contributed by atoms with Gasteiger partial charge in [0.1, 0.15) is 0 Å². The number of carboxylic acids is 1. The Kier molecular flexibility index (Phi) is 4.31. The summed E-state index contributed by atoms with van der Waals surface area (Å²) in [6.07, 6.45) is 2.20. The molecule has 1 N–H and O–H groups in total. The van der Waals surface area contributed by atoms with Gasteiger partial charge in [0.05, 0.1) is 5.69 Å². The number of aliphatic carboxylic acids is 1. The van der Waals surface area contributed by atoms with Crippen LogP contribution in [0.5, 0.6) is 0 Å². The van der Waals surface area contributed by atoms with Crippen LogP contribution in [0.25, 0.3) is 0 Å². The van der Waals surface area contributed by atoms with Crippen LogP contribution in [0, 0.1) is 12.8 Å². The molecule has 0 bridgehead atoms. The van der Waals surface area contributed by atoms with Gasteiger partial charge in [-0.3, -0.25) is 14.7 Å². The van der Waals surface area contributed by atoms with Gasteiger partial charge in [0.2, 0.25) is 0 Å². The highest BCUT2D eigenvalue weighted by atomic mass is 16.4. The number of hydrogen-bond acceptors (Lipinski definition) is 3. The minimum absolute atomic E-state index is 0.293. The lowest BCUT2D eigenvalue weighted by molar-refractivity contribution is -0.137. The molecule has 1 fully saturated rings. The van der Waals surface area contributed by atoms with Crippen molar-refractivity contribution >= 4 is 5.97 Å². The van der Waals surface area contributed by atoms with E-state index in [1.54, 1.807) is 0 Å². The summed E-state index contributed by atoms with van der Waals surface area (Å²) in [4.78, 5) is 17.4. The molecule has 1 atom stereocenters. The van der Waals surface area contributed by atoms with E-state index in [9.17, 15) is 4.79 Å². The standard InChI is InChI=1S/C14H20N2O2/c1-11-3-2-4-13(15-11)10-16-8-7-12(9-16)5-6-14(17)18/h2-4,12H,5-10H2,1H3,(H,17,18). The Bertz CT molecular complexity index is 420. The van der Waals surface area contributed by atoms with E-state index < -0.39 is 5.97 Å². The minimum Gasteiger partial charge on any atom is -0.481 e. The van der Waals surface area contributed by atoms with Crippen molar-refractivity contribution < 1.29 is 9.90 Å². The number of carboxylic acid groups (broad SMARTS) is 1. The van der Waals surface area contributed by atoms with Crippen molar-refractivity contribution in [1.29, 1.82) is 0 Å². The molecule has 1 saturated heterocycles. The van der Waals surface area contributed by atoms with Gasteiger partial charge in [-0.1, -0.05) is 6.07 Å². The molecule has 0 saturated carbocycles. The molecule has 2 heterocycles. The molecular weight excluding hydrogens is 228 g/mol. The molecule has 1 unspecified atom stereocenters. The Labute approximate surface area is 108 Å². The monoisotopic (exact) mass is 248 g/mol.